The van der Waals surface area contributed by atoms with E-state index in [4.69, 9.17) is 16.3 Å². The number of anilines is 2. The number of esters is 1. The quantitative estimate of drug-likeness (QED) is 0.205. The maximum absolute atomic E-state index is 13.4. The zero-order valence-corrected chi connectivity index (χ0v) is 25.1. The minimum atomic E-state index is -1.09. The fourth-order valence-electron chi connectivity index (χ4n) is 4.95. The second kappa shape index (κ2) is 13.8. The molecule has 226 valence electrons. The number of nitrogens with one attached hydrogen (secondary N) is 3. The second-order valence-corrected chi connectivity index (χ2v) is 12.1. The van der Waals surface area contributed by atoms with E-state index in [-0.39, 0.29) is 12.3 Å². The van der Waals surface area contributed by atoms with E-state index < -0.39 is 41.4 Å². The molecule has 0 spiro atoms. The van der Waals surface area contributed by atoms with Gasteiger partial charge >= 0.3 is 17.8 Å². The van der Waals surface area contributed by atoms with Gasteiger partial charge in [0.1, 0.15) is 11.6 Å². The van der Waals surface area contributed by atoms with Crippen LogP contribution in [-0.2, 0) is 25.5 Å². The summed E-state index contributed by atoms with van der Waals surface area (Å²) in [6, 6.07) is 19.3. The van der Waals surface area contributed by atoms with Crippen LogP contribution in [0.15, 0.2) is 72.8 Å². The van der Waals surface area contributed by atoms with Gasteiger partial charge in [0.15, 0.2) is 0 Å². The number of benzene rings is 3. The molecule has 3 atom stereocenters. The molecular weight excluding hydrogens is 570 g/mol. The Kier molecular flexibility index (Phi) is 10.2. The summed E-state index contributed by atoms with van der Waals surface area (Å²) in [6.45, 7) is 5.32. The lowest BCUT2D eigenvalue weighted by atomic mass is 9.95. The van der Waals surface area contributed by atoms with Crippen molar-refractivity contribution in [1.29, 1.82) is 0 Å². The lowest BCUT2D eigenvalue weighted by molar-refractivity contribution is -0.137. The third kappa shape index (κ3) is 9.14. The first-order chi connectivity index (χ1) is 20.4. The van der Waals surface area contributed by atoms with Crippen LogP contribution >= 0.6 is 11.6 Å². The molecule has 1 unspecified atom stereocenters. The molecule has 0 bridgehead atoms. The van der Waals surface area contributed by atoms with Crippen LogP contribution in [0.1, 0.15) is 67.4 Å². The van der Waals surface area contributed by atoms with E-state index in [1.807, 2.05) is 30.3 Å². The van der Waals surface area contributed by atoms with Crippen LogP contribution in [0.5, 0.6) is 0 Å². The Labute approximate surface area is 256 Å². The van der Waals surface area contributed by atoms with Crippen molar-refractivity contribution in [2.24, 2.45) is 0 Å². The summed E-state index contributed by atoms with van der Waals surface area (Å²) in [5.41, 5.74) is 2.03. The highest BCUT2D eigenvalue weighted by Crippen LogP contribution is 2.39. The van der Waals surface area contributed by atoms with E-state index in [2.05, 4.69) is 16.0 Å². The third-order valence-corrected chi connectivity index (χ3v) is 7.24. The first kappa shape index (κ1) is 31.7. The number of hydrogen-bond donors (Lipinski definition) is 4. The Bertz CT molecular complexity index is 1470. The molecule has 0 aromatic heterocycles. The zero-order valence-electron chi connectivity index (χ0n) is 24.4. The van der Waals surface area contributed by atoms with Crippen molar-refractivity contribution in [3.05, 3.63) is 94.5 Å². The molecule has 1 aliphatic rings. The Morgan fingerprint density at radius 3 is 2.26 bits per heavy atom. The minimum absolute atomic E-state index is 0.0175. The summed E-state index contributed by atoms with van der Waals surface area (Å²) in [5, 5.41) is 18.3. The van der Waals surface area contributed by atoms with E-state index in [0.29, 0.717) is 34.8 Å². The van der Waals surface area contributed by atoms with Crippen LogP contribution in [0.3, 0.4) is 0 Å². The van der Waals surface area contributed by atoms with Crippen molar-refractivity contribution in [2.75, 3.05) is 10.6 Å². The predicted molar refractivity (Wildman–Crippen MR) is 165 cm³/mol. The number of aliphatic hydroxyl groups excluding tert-OH is 1. The van der Waals surface area contributed by atoms with Gasteiger partial charge in [-0.15, -0.1) is 0 Å². The number of rotatable bonds is 8. The van der Waals surface area contributed by atoms with Gasteiger partial charge in [0.2, 0.25) is 5.91 Å². The molecule has 4 rings (SSSR count). The van der Waals surface area contributed by atoms with Gasteiger partial charge in [0.05, 0.1) is 11.7 Å². The number of amides is 3. The van der Waals surface area contributed by atoms with Crippen LogP contribution in [0.2, 0.25) is 5.02 Å². The standard InChI is InChI=1S/C33H36ClN3O6/c1-33(2,3)43-32(42)21-9-13-24(14-10-21)35-29(39)28(17-20-7-5-4-6-8-20)37-31(41)30(40)36-27-19-23(34)12-16-26(27)22-11-15-25(38)18-22/h4-10,12-14,16,19,22,25,28,38H,11,15,17-18H2,1-3H3,(H,35,39)(H,36,40)(H,37,41)/t22?,25-,28+/m1/s1. The van der Waals surface area contributed by atoms with E-state index in [0.717, 1.165) is 17.5 Å². The highest BCUT2D eigenvalue weighted by molar-refractivity contribution is 6.40. The maximum atomic E-state index is 13.4. The fourth-order valence-corrected chi connectivity index (χ4v) is 5.12. The normalized spacial score (nSPS) is 17.0. The monoisotopic (exact) mass is 605 g/mol. The molecule has 3 aromatic rings. The first-order valence-corrected chi connectivity index (χ1v) is 14.5. The van der Waals surface area contributed by atoms with Gasteiger partial charge in [-0.05, 0) is 93.5 Å². The van der Waals surface area contributed by atoms with Crippen molar-refractivity contribution in [2.45, 2.75) is 70.1 Å². The summed E-state index contributed by atoms with van der Waals surface area (Å²) in [5.74, 6) is -2.96. The SMILES string of the molecule is CC(C)(C)OC(=O)c1ccc(NC(=O)[C@H](Cc2ccccc2)NC(=O)C(=O)Nc2cc(Cl)ccc2C2CC[C@@H](O)C2)cc1. The second-order valence-electron chi connectivity index (χ2n) is 11.6. The van der Waals surface area contributed by atoms with Gasteiger partial charge in [-0.1, -0.05) is 48.0 Å². The molecular formula is C33H36ClN3O6. The summed E-state index contributed by atoms with van der Waals surface area (Å²) in [6.07, 6.45) is 1.66. The van der Waals surface area contributed by atoms with E-state index in [9.17, 15) is 24.3 Å². The number of ether oxygens (including phenoxy) is 1. The minimum Gasteiger partial charge on any atom is -0.456 e. The molecule has 1 saturated carbocycles. The molecule has 3 amide bonds. The number of hydrogen-bond acceptors (Lipinski definition) is 6. The van der Waals surface area contributed by atoms with Crippen molar-refractivity contribution >= 4 is 46.7 Å². The molecule has 0 saturated heterocycles. The molecule has 43 heavy (non-hydrogen) atoms. The summed E-state index contributed by atoms with van der Waals surface area (Å²) in [4.78, 5) is 51.8. The lowest BCUT2D eigenvalue weighted by Crippen LogP contribution is -2.49. The molecule has 1 fully saturated rings. The Morgan fingerprint density at radius 2 is 1.63 bits per heavy atom. The van der Waals surface area contributed by atoms with Crippen molar-refractivity contribution in [3.8, 4) is 0 Å². The third-order valence-electron chi connectivity index (χ3n) is 7.01. The molecule has 3 aromatic carbocycles. The number of aliphatic hydroxyl groups is 1. The predicted octanol–water partition coefficient (Wildman–Crippen LogP) is 5.23. The highest BCUT2D eigenvalue weighted by atomic mass is 35.5. The van der Waals surface area contributed by atoms with Gasteiger partial charge in [-0.3, -0.25) is 14.4 Å². The van der Waals surface area contributed by atoms with Crippen molar-refractivity contribution in [1.82, 2.24) is 5.32 Å². The zero-order chi connectivity index (χ0) is 31.1. The molecule has 1 aliphatic carbocycles. The van der Waals surface area contributed by atoms with E-state index in [1.54, 1.807) is 51.1 Å². The van der Waals surface area contributed by atoms with E-state index >= 15 is 0 Å². The number of carbonyl (C=O) groups is 4. The van der Waals surface area contributed by atoms with Gasteiger partial charge < -0.3 is 25.8 Å². The topological polar surface area (TPSA) is 134 Å². The van der Waals surface area contributed by atoms with Crippen LogP contribution in [0, 0.1) is 0 Å². The number of carbonyl (C=O) groups excluding carboxylic acids is 4. The highest BCUT2D eigenvalue weighted by Gasteiger charge is 2.29. The molecule has 10 heteroatoms. The van der Waals surface area contributed by atoms with Gasteiger partial charge in [-0.2, -0.15) is 0 Å². The first-order valence-electron chi connectivity index (χ1n) is 14.2. The molecule has 0 radical (unpaired) electrons. The number of halogens is 1. The van der Waals surface area contributed by atoms with Crippen LogP contribution in [-0.4, -0.2) is 46.5 Å². The molecule has 9 nitrogen and oxygen atoms in total. The van der Waals surface area contributed by atoms with E-state index in [1.165, 1.54) is 12.1 Å². The summed E-state index contributed by atoms with van der Waals surface area (Å²) < 4.78 is 5.38. The molecule has 0 heterocycles. The average molecular weight is 606 g/mol. The van der Waals surface area contributed by atoms with Crippen molar-refractivity contribution in [3.63, 3.8) is 0 Å². The van der Waals surface area contributed by atoms with Gasteiger partial charge in [-0.25, -0.2) is 4.79 Å². The van der Waals surface area contributed by atoms with Crippen LogP contribution < -0.4 is 16.0 Å². The van der Waals surface area contributed by atoms with Crippen LogP contribution in [0.25, 0.3) is 0 Å². The lowest BCUT2D eigenvalue weighted by Gasteiger charge is -2.20. The Morgan fingerprint density at radius 1 is 0.930 bits per heavy atom. The Balaban J connectivity index is 1.47. The Hall–Kier alpha value is -4.21. The average Bonchev–Trinajstić information content (AvgIpc) is 3.38. The maximum Gasteiger partial charge on any atom is 0.338 e. The smallest absolute Gasteiger partial charge is 0.338 e. The fraction of sp³-hybridized carbons (Fsp3) is 0.333. The van der Waals surface area contributed by atoms with Gasteiger partial charge in [0.25, 0.3) is 0 Å². The van der Waals surface area contributed by atoms with Gasteiger partial charge in [0, 0.05) is 22.8 Å². The molecule has 4 N–H and O–H groups in total. The largest absolute Gasteiger partial charge is 0.456 e. The van der Waals surface area contributed by atoms with Crippen molar-refractivity contribution < 1.29 is 29.0 Å². The summed E-state index contributed by atoms with van der Waals surface area (Å²) >= 11 is 6.18. The summed E-state index contributed by atoms with van der Waals surface area (Å²) in [7, 11) is 0. The molecule has 0 aliphatic heterocycles. The van der Waals surface area contributed by atoms with Crippen LogP contribution in [0.4, 0.5) is 11.4 Å².